The van der Waals surface area contributed by atoms with E-state index in [9.17, 15) is 9.59 Å². The monoisotopic (exact) mass is 342 g/mol. The third kappa shape index (κ3) is 2.57. The molecule has 4 rings (SSSR count). The Bertz CT molecular complexity index is 801. The van der Waals surface area contributed by atoms with Crippen LogP contribution in [-0.4, -0.2) is 35.9 Å². The summed E-state index contributed by atoms with van der Waals surface area (Å²) in [5.74, 6) is 0.454. The molecule has 2 aliphatic rings. The van der Waals surface area contributed by atoms with Gasteiger partial charge in [0.2, 0.25) is 5.91 Å². The molecule has 124 valence electrons. The first-order valence-corrected chi connectivity index (χ1v) is 8.91. The molecule has 0 fully saturated rings. The predicted octanol–water partition coefficient (Wildman–Crippen LogP) is 2.45. The Kier molecular flexibility index (Phi) is 3.76. The van der Waals surface area contributed by atoms with Gasteiger partial charge in [-0.25, -0.2) is 0 Å². The van der Waals surface area contributed by atoms with Gasteiger partial charge in [-0.15, -0.1) is 11.3 Å². The number of rotatable bonds is 2. The van der Waals surface area contributed by atoms with Crippen LogP contribution in [-0.2, 0) is 22.6 Å². The molecule has 0 aliphatic carbocycles. The number of hydrogen-bond donors (Lipinski definition) is 0. The van der Waals surface area contributed by atoms with E-state index < -0.39 is 6.10 Å². The molecule has 2 amide bonds. The van der Waals surface area contributed by atoms with Crippen molar-refractivity contribution < 1.29 is 14.3 Å². The van der Waals surface area contributed by atoms with Crippen molar-refractivity contribution >= 4 is 28.8 Å². The molecule has 1 aromatic heterocycles. The fourth-order valence-corrected chi connectivity index (χ4v) is 4.11. The van der Waals surface area contributed by atoms with Crippen LogP contribution in [0.2, 0.25) is 0 Å². The van der Waals surface area contributed by atoms with E-state index in [1.165, 1.54) is 10.4 Å². The van der Waals surface area contributed by atoms with Crippen LogP contribution in [0, 0.1) is 0 Å². The smallest absolute Gasteiger partial charge is 0.268 e. The summed E-state index contributed by atoms with van der Waals surface area (Å²) < 4.78 is 5.62. The molecule has 6 heteroatoms. The first kappa shape index (κ1) is 15.2. The molecule has 0 unspecified atom stereocenters. The normalized spacial score (nSPS) is 19.5. The first-order valence-electron chi connectivity index (χ1n) is 8.03. The van der Waals surface area contributed by atoms with Crippen molar-refractivity contribution in [3.63, 3.8) is 0 Å². The minimum absolute atomic E-state index is 0.0240. The summed E-state index contributed by atoms with van der Waals surface area (Å²) in [5, 5.41) is 2.07. The van der Waals surface area contributed by atoms with Gasteiger partial charge in [0.25, 0.3) is 5.91 Å². The summed E-state index contributed by atoms with van der Waals surface area (Å²) in [6, 6.07) is 9.44. The molecule has 1 atom stereocenters. The van der Waals surface area contributed by atoms with Crippen LogP contribution in [0.15, 0.2) is 35.7 Å². The van der Waals surface area contributed by atoms with E-state index in [0.29, 0.717) is 24.5 Å². The maximum Gasteiger partial charge on any atom is 0.268 e. The largest absolute Gasteiger partial charge is 0.479 e. The Balaban J connectivity index is 1.54. The summed E-state index contributed by atoms with van der Waals surface area (Å²) in [7, 11) is 0. The molecule has 5 nitrogen and oxygen atoms in total. The van der Waals surface area contributed by atoms with E-state index in [2.05, 4.69) is 11.4 Å². The molecule has 0 N–H and O–H groups in total. The zero-order chi connectivity index (χ0) is 16.7. The van der Waals surface area contributed by atoms with Gasteiger partial charge in [-0.05, 0) is 42.5 Å². The number of ether oxygens (including phenoxy) is 1. The Morgan fingerprint density at radius 2 is 2.17 bits per heavy atom. The fourth-order valence-electron chi connectivity index (χ4n) is 3.22. The van der Waals surface area contributed by atoms with Gasteiger partial charge < -0.3 is 9.64 Å². The lowest BCUT2D eigenvalue weighted by atomic mass is 10.1. The first-order chi connectivity index (χ1) is 11.6. The molecule has 1 aromatic carbocycles. The van der Waals surface area contributed by atoms with Crippen molar-refractivity contribution in [3.8, 4) is 5.75 Å². The van der Waals surface area contributed by atoms with Crippen LogP contribution in [0.4, 0.5) is 5.69 Å². The Labute approximate surface area is 144 Å². The number of hydrogen-bond acceptors (Lipinski definition) is 4. The molecular formula is C18H18N2O3S. The van der Waals surface area contributed by atoms with Crippen molar-refractivity contribution in [3.05, 3.63) is 46.2 Å². The third-order valence-electron chi connectivity index (χ3n) is 4.53. The van der Waals surface area contributed by atoms with Crippen LogP contribution in [0.3, 0.4) is 0 Å². The van der Waals surface area contributed by atoms with Gasteiger partial charge >= 0.3 is 0 Å². The maximum atomic E-state index is 12.8. The zero-order valence-electron chi connectivity index (χ0n) is 13.4. The number of anilines is 1. The number of thiophene rings is 1. The van der Waals surface area contributed by atoms with Gasteiger partial charge in [-0.1, -0.05) is 12.1 Å². The van der Waals surface area contributed by atoms with Crippen molar-refractivity contribution in [1.82, 2.24) is 4.90 Å². The van der Waals surface area contributed by atoms with Gasteiger partial charge in [-0.3, -0.25) is 14.5 Å². The molecular weight excluding hydrogens is 324 g/mol. The number of fused-ring (bicyclic) bond motifs is 2. The summed E-state index contributed by atoms with van der Waals surface area (Å²) >= 11 is 1.75. The number of carbonyl (C=O) groups excluding carboxylic acids is 2. The second-order valence-corrected chi connectivity index (χ2v) is 7.09. The Hall–Kier alpha value is -2.34. The van der Waals surface area contributed by atoms with Gasteiger partial charge in [0.05, 0.1) is 5.69 Å². The lowest BCUT2D eigenvalue weighted by Gasteiger charge is -2.34. The van der Waals surface area contributed by atoms with Crippen LogP contribution in [0.25, 0.3) is 0 Å². The lowest BCUT2D eigenvalue weighted by molar-refractivity contribution is -0.133. The van der Waals surface area contributed by atoms with Crippen molar-refractivity contribution in [2.45, 2.75) is 26.0 Å². The second-order valence-electron chi connectivity index (χ2n) is 6.09. The van der Waals surface area contributed by atoms with Crippen LogP contribution in [0.5, 0.6) is 5.75 Å². The van der Waals surface area contributed by atoms with Crippen LogP contribution in [0.1, 0.15) is 17.4 Å². The lowest BCUT2D eigenvalue weighted by Crippen LogP contribution is -2.50. The van der Waals surface area contributed by atoms with Crippen molar-refractivity contribution in [1.29, 1.82) is 0 Å². The highest BCUT2D eigenvalue weighted by Gasteiger charge is 2.34. The highest BCUT2D eigenvalue weighted by atomic mass is 32.1. The SMILES string of the molecule is C[C@@H]1Oc2ccccc2N(CC(=O)N2CCc3sccc3C2)C1=O. The van der Waals surface area contributed by atoms with Crippen LogP contribution < -0.4 is 9.64 Å². The van der Waals surface area contributed by atoms with E-state index >= 15 is 0 Å². The number of para-hydroxylation sites is 2. The van der Waals surface area contributed by atoms with E-state index in [-0.39, 0.29) is 18.4 Å². The zero-order valence-corrected chi connectivity index (χ0v) is 14.2. The standard InChI is InChI=1S/C18H18N2O3S/c1-12-18(22)20(14-4-2-3-5-15(14)23-12)11-17(21)19-8-6-16-13(10-19)7-9-24-16/h2-5,7,9,12H,6,8,10-11H2,1H3/t12-/m0/s1. The summed E-state index contributed by atoms with van der Waals surface area (Å²) in [5.41, 5.74) is 1.89. The fraction of sp³-hybridized carbons (Fsp3) is 0.333. The molecule has 24 heavy (non-hydrogen) atoms. The average Bonchev–Trinajstić information content (AvgIpc) is 3.06. The molecule has 2 aliphatic heterocycles. The minimum atomic E-state index is -0.572. The molecule has 3 heterocycles. The Morgan fingerprint density at radius 3 is 3.04 bits per heavy atom. The van der Waals surface area contributed by atoms with E-state index in [1.807, 2.05) is 29.2 Å². The summed E-state index contributed by atoms with van der Waals surface area (Å²) in [6.07, 6.45) is 0.320. The molecule has 0 bridgehead atoms. The topological polar surface area (TPSA) is 49.9 Å². The number of benzene rings is 1. The number of nitrogens with zero attached hydrogens (tertiary/aromatic N) is 2. The maximum absolute atomic E-state index is 12.8. The molecule has 0 saturated heterocycles. The highest BCUT2D eigenvalue weighted by Crippen LogP contribution is 2.33. The third-order valence-corrected chi connectivity index (χ3v) is 5.55. The van der Waals surface area contributed by atoms with Crippen molar-refractivity contribution in [2.24, 2.45) is 0 Å². The minimum Gasteiger partial charge on any atom is -0.479 e. The molecule has 2 aromatic rings. The van der Waals surface area contributed by atoms with E-state index in [1.54, 1.807) is 23.2 Å². The molecule has 0 saturated carbocycles. The van der Waals surface area contributed by atoms with Crippen LogP contribution >= 0.6 is 11.3 Å². The quantitative estimate of drug-likeness (QED) is 0.842. The van der Waals surface area contributed by atoms with Crippen molar-refractivity contribution in [2.75, 3.05) is 18.0 Å². The molecule has 0 radical (unpaired) electrons. The van der Waals surface area contributed by atoms with Gasteiger partial charge in [-0.2, -0.15) is 0 Å². The number of amides is 2. The van der Waals surface area contributed by atoms with Gasteiger partial charge in [0, 0.05) is 18.0 Å². The summed E-state index contributed by atoms with van der Waals surface area (Å²) in [6.45, 7) is 3.12. The average molecular weight is 342 g/mol. The van der Waals surface area contributed by atoms with Gasteiger partial charge in [0.15, 0.2) is 6.10 Å². The Morgan fingerprint density at radius 1 is 1.33 bits per heavy atom. The predicted molar refractivity (Wildman–Crippen MR) is 92.3 cm³/mol. The van der Waals surface area contributed by atoms with E-state index in [4.69, 9.17) is 4.74 Å². The number of carbonyl (C=O) groups is 2. The summed E-state index contributed by atoms with van der Waals surface area (Å²) in [4.78, 5) is 30.0. The highest BCUT2D eigenvalue weighted by molar-refractivity contribution is 7.10. The molecule has 0 spiro atoms. The van der Waals surface area contributed by atoms with E-state index in [0.717, 1.165) is 6.42 Å². The second kappa shape index (κ2) is 5.94. The van der Waals surface area contributed by atoms with Gasteiger partial charge in [0.1, 0.15) is 12.3 Å².